The van der Waals surface area contributed by atoms with Crippen LogP contribution in [-0.4, -0.2) is 12.3 Å². The molecule has 4 nitrogen and oxygen atoms in total. The molecule has 4 heteroatoms. The number of ether oxygens (including phenoxy) is 1. The monoisotopic (exact) mass is 260 g/mol. The van der Waals surface area contributed by atoms with Crippen molar-refractivity contribution in [3.05, 3.63) is 30.0 Å². The fraction of sp³-hybridized carbons (Fsp3) is 0.400. The lowest BCUT2D eigenvalue weighted by Crippen LogP contribution is -2.09. The number of nitrogen functional groups attached to an aromatic ring is 1. The number of rotatable bonds is 3. The van der Waals surface area contributed by atoms with Gasteiger partial charge in [-0.05, 0) is 23.1 Å². The Hall–Kier alpha value is -1.97. The Kier molecular flexibility index (Phi) is 3.51. The highest BCUT2D eigenvalue weighted by Crippen LogP contribution is 2.34. The third-order valence-corrected chi connectivity index (χ3v) is 2.86. The van der Waals surface area contributed by atoms with Gasteiger partial charge in [-0.1, -0.05) is 38.1 Å². The van der Waals surface area contributed by atoms with Gasteiger partial charge in [0.1, 0.15) is 11.5 Å². The van der Waals surface area contributed by atoms with Crippen molar-refractivity contribution >= 4 is 5.82 Å². The number of nitrogens with two attached hydrogens (primary N) is 1. The van der Waals surface area contributed by atoms with Crippen LogP contribution in [0.2, 0.25) is 0 Å². The summed E-state index contributed by atoms with van der Waals surface area (Å²) in [6.45, 7) is 6.47. The lowest BCUT2D eigenvalue weighted by atomic mass is 9.88. The summed E-state index contributed by atoms with van der Waals surface area (Å²) in [5.41, 5.74) is 7.93. The summed E-state index contributed by atoms with van der Waals surface area (Å²) in [6, 6.07) is 7.74. The van der Waals surface area contributed by atoms with E-state index in [4.69, 9.17) is 15.0 Å². The number of nitrogens with zero attached hydrogens (tertiary/aromatic N) is 1. The third-order valence-electron chi connectivity index (χ3n) is 2.86. The van der Waals surface area contributed by atoms with Crippen LogP contribution in [0, 0.1) is 5.41 Å². The molecular formula is C15H20N2O2. The summed E-state index contributed by atoms with van der Waals surface area (Å²) in [6.07, 6.45) is 0.790. The average molecular weight is 260 g/mol. The van der Waals surface area contributed by atoms with Crippen molar-refractivity contribution < 1.29 is 9.26 Å². The molecule has 2 N–H and O–H groups in total. The molecule has 0 atom stereocenters. The first-order chi connectivity index (χ1) is 8.90. The zero-order valence-corrected chi connectivity index (χ0v) is 11.9. The van der Waals surface area contributed by atoms with E-state index in [0.717, 1.165) is 29.1 Å². The first-order valence-corrected chi connectivity index (χ1v) is 6.29. The molecule has 0 amide bonds. The van der Waals surface area contributed by atoms with Crippen LogP contribution in [0.25, 0.3) is 11.1 Å². The second-order valence-electron chi connectivity index (χ2n) is 5.83. The van der Waals surface area contributed by atoms with Crippen molar-refractivity contribution in [3.63, 3.8) is 0 Å². The van der Waals surface area contributed by atoms with E-state index >= 15 is 0 Å². The van der Waals surface area contributed by atoms with Crippen molar-refractivity contribution in [1.82, 2.24) is 5.16 Å². The predicted molar refractivity (Wildman–Crippen MR) is 76.1 cm³/mol. The van der Waals surface area contributed by atoms with Crippen LogP contribution in [0.5, 0.6) is 5.75 Å². The normalized spacial score (nSPS) is 11.6. The van der Waals surface area contributed by atoms with Crippen molar-refractivity contribution in [2.24, 2.45) is 5.41 Å². The van der Waals surface area contributed by atoms with Crippen molar-refractivity contribution in [3.8, 4) is 16.9 Å². The van der Waals surface area contributed by atoms with Gasteiger partial charge in [0.05, 0.1) is 12.7 Å². The number of aromatic nitrogens is 1. The van der Waals surface area contributed by atoms with Gasteiger partial charge >= 0.3 is 0 Å². The van der Waals surface area contributed by atoms with Crippen molar-refractivity contribution in [2.75, 3.05) is 12.8 Å². The molecule has 1 aromatic heterocycles. The molecule has 1 aromatic carbocycles. The summed E-state index contributed by atoms with van der Waals surface area (Å²) >= 11 is 0. The molecule has 0 radical (unpaired) electrons. The Morgan fingerprint density at radius 3 is 2.37 bits per heavy atom. The highest BCUT2D eigenvalue weighted by molar-refractivity contribution is 5.75. The van der Waals surface area contributed by atoms with Crippen LogP contribution in [0.1, 0.15) is 26.5 Å². The van der Waals surface area contributed by atoms with Crippen LogP contribution < -0.4 is 10.5 Å². The van der Waals surface area contributed by atoms with E-state index < -0.39 is 0 Å². The summed E-state index contributed by atoms with van der Waals surface area (Å²) in [4.78, 5) is 0. The van der Waals surface area contributed by atoms with E-state index in [1.54, 1.807) is 7.11 Å². The highest BCUT2D eigenvalue weighted by atomic mass is 16.5. The predicted octanol–water partition coefficient (Wildman–Crippen LogP) is 3.52. The molecule has 2 aromatic rings. The van der Waals surface area contributed by atoms with Gasteiger partial charge in [-0.3, -0.25) is 0 Å². The zero-order chi connectivity index (χ0) is 14.0. The maximum Gasteiger partial charge on any atom is 0.175 e. The molecule has 1 heterocycles. The molecule has 19 heavy (non-hydrogen) atoms. The van der Waals surface area contributed by atoms with Crippen LogP contribution in [-0.2, 0) is 6.42 Å². The van der Waals surface area contributed by atoms with Gasteiger partial charge in [0.25, 0.3) is 0 Å². The van der Waals surface area contributed by atoms with Crippen LogP contribution in [0.4, 0.5) is 5.82 Å². The molecule has 0 aliphatic rings. The van der Waals surface area contributed by atoms with Crippen LogP contribution in [0.3, 0.4) is 0 Å². The summed E-state index contributed by atoms with van der Waals surface area (Å²) in [7, 11) is 1.65. The van der Waals surface area contributed by atoms with Gasteiger partial charge in [0.2, 0.25) is 0 Å². The van der Waals surface area contributed by atoms with Gasteiger partial charge in [-0.15, -0.1) is 0 Å². The van der Waals surface area contributed by atoms with Crippen molar-refractivity contribution in [2.45, 2.75) is 27.2 Å². The minimum Gasteiger partial charge on any atom is -0.497 e. The Morgan fingerprint density at radius 1 is 1.21 bits per heavy atom. The SMILES string of the molecule is COc1ccc(-c2c(N)noc2CC(C)(C)C)cc1. The molecule has 0 saturated heterocycles. The molecule has 102 valence electrons. The maximum absolute atomic E-state index is 5.93. The van der Waals surface area contributed by atoms with Gasteiger partial charge < -0.3 is 15.0 Å². The van der Waals surface area contributed by atoms with Crippen LogP contribution in [0.15, 0.2) is 28.8 Å². The van der Waals surface area contributed by atoms with E-state index in [9.17, 15) is 0 Å². The summed E-state index contributed by atoms with van der Waals surface area (Å²) in [5.74, 6) is 2.08. The van der Waals surface area contributed by atoms with Gasteiger partial charge in [-0.2, -0.15) is 0 Å². The first kappa shape index (κ1) is 13.5. The molecule has 0 unspecified atom stereocenters. The smallest absolute Gasteiger partial charge is 0.175 e. The summed E-state index contributed by atoms with van der Waals surface area (Å²) < 4.78 is 10.5. The molecule has 0 bridgehead atoms. The first-order valence-electron chi connectivity index (χ1n) is 6.29. The number of anilines is 1. The lowest BCUT2D eigenvalue weighted by Gasteiger charge is -2.16. The van der Waals surface area contributed by atoms with Crippen LogP contribution >= 0.6 is 0 Å². The Balaban J connectivity index is 2.40. The Labute approximate surface area is 113 Å². The molecule has 2 rings (SSSR count). The zero-order valence-electron chi connectivity index (χ0n) is 11.9. The third kappa shape index (κ3) is 3.08. The van der Waals surface area contributed by atoms with E-state index in [1.165, 1.54) is 0 Å². The Bertz CT molecular complexity index is 551. The molecule has 0 aliphatic heterocycles. The lowest BCUT2D eigenvalue weighted by molar-refractivity contribution is 0.322. The highest BCUT2D eigenvalue weighted by Gasteiger charge is 2.21. The largest absolute Gasteiger partial charge is 0.497 e. The van der Waals surface area contributed by atoms with Gasteiger partial charge in [-0.25, -0.2) is 0 Å². The standard InChI is InChI=1S/C15H20N2O2/c1-15(2,3)9-12-13(14(16)17-19-12)10-5-7-11(18-4)8-6-10/h5-8H,9H2,1-4H3,(H2,16,17). The maximum atomic E-state index is 5.93. The van der Waals surface area contributed by atoms with Gasteiger partial charge in [0.15, 0.2) is 5.82 Å². The quantitative estimate of drug-likeness (QED) is 0.917. The second kappa shape index (κ2) is 4.96. The van der Waals surface area contributed by atoms with Crippen molar-refractivity contribution in [1.29, 1.82) is 0 Å². The minimum absolute atomic E-state index is 0.118. The topological polar surface area (TPSA) is 61.3 Å². The van der Waals surface area contributed by atoms with E-state index in [0.29, 0.717) is 5.82 Å². The summed E-state index contributed by atoms with van der Waals surface area (Å²) in [5, 5.41) is 3.89. The molecule has 0 aliphatic carbocycles. The fourth-order valence-electron chi connectivity index (χ4n) is 2.01. The van der Waals surface area contributed by atoms with E-state index in [-0.39, 0.29) is 5.41 Å². The Morgan fingerprint density at radius 2 is 1.84 bits per heavy atom. The molecule has 0 spiro atoms. The second-order valence-corrected chi connectivity index (χ2v) is 5.83. The molecule has 0 saturated carbocycles. The number of benzene rings is 1. The van der Waals surface area contributed by atoms with Gasteiger partial charge in [0, 0.05) is 6.42 Å². The molecular weight excluding hydrogens is 240 g/mol. The number of hydrogen-bond donors (Lipinski definition) is 1. The number of hydrogen-bond acceptors (Lipinski definition) is 4. The van der Waals surface area contributed by atoms with E-state index in [1.807, 2.05) is 24.3 Å². The minimum atomic E-state index is 0.118. The molecule has 0 fully saturated rings. The average Bonchev–Trinajstić information content (AvgIpc) is 2.68. The van der Waals surface area contributed by atoms with E-state index in [2.05, 4.69) is 25.9 Å². The fourth-order valence-corrected chi connectivity index (χ4v) is 2.01. The number of methoxy groups -OCH3 is 1.